The Hall–Kier alpha value is -1.03. The van der Waals surface area contributed by atoms with Gasteiger partial charge in [-0.2, -0.15) is 0 Å². The van der Waals surface area contributed by atoms with E-state index in [9.17, 15) is 0 Å². The summed E-state index contributed by atoms with van der Waals surface area (Å²) in [6.45, 7) is 3.20. The molecule has 0 fully saturated rings. The van der Waals surface area contributed by atoms with E-state index in [1.54, 1.807) is 7.05 Å². The number of aliphatic imine (C=N–C) groups is 1. The largest absolute Gasteiger partial charge is 0.359 e. The highest BCUT2D eigenvalue weighted by molar-refractivity contribution is 7.09. The molecule has 0 spiro atoms. The molecule has 0 aliphatic heterocycles. The molecule has 2 N–H and O–H groups in total. The van der Waals surface area contributed by atoms with Crippen LogP contribution in [0.5, 0.6) is 0 Å². The number of rotatable bonds is 4. The predicted octanol–water partition coefficient (Wildman–Crippen LogP) is 1.72. The minimum Gasteiger partial charge on any atom is -0.359 e. The van der Waals surface area contributed by atoms with Gasteiger partial charge in [0, 0.05) is 25.5 Å². The van der Waals surface area contributed by atoms with Crippen molar-refractivity contribution in [2.24, 2.45) is 10.9 Å². The minimum absolute atomic E-state index is 0.619. The highest BCUT2D eigenvalue weighted by Crippen LogP contribution is 2.13. The van der Waals surface area contributed by atoms with Gasteiger partial charge in [0.2, 0.25) is 0 Å². The van der Waals surface area contributed by atoms with Crippen molar-refractivity contribution in [3.8, 4) is 0 Å². The van der Waals surface area contributed by atoms with Crippen molar-refractivity contribution >= 4 is 17.3 Å². The Morgan fingerprint density at radius 1 is 1.60 bits per heavy atom. The smallest absolute Gasteiger partial charge is 0.190 e. The van der Waals surface area contributed by atoms with Crippen molar-refractivity contribution in [3.05, 3.63) is 22.4 Å². The van der Waals surface area contributed by atoms with E-state index in [1.165, 1.54) is 4.88 Å². The first-order valence-corrected chi connectivity index (χ1v) is 6.05. The lowest BCUT2D eigenvalue weighted by Crippen LogP contribution is -2.37. The van der Waals surface area contributed by atoms with Crippen LogP contribution in [0, 0.1) is 5.92 Å². The van der Waals surface area contributed by atoms with Gasteiger partial charge in [-0.1, -0.05) is 13.0 Å². The zero-order valence-electron chi connectivity index (χ0n) is 9.58. The van der Waals surface area contributed by atoms with E-state index in [-0.39, 0.29) is 0 Å². The molecule has 0 amide bonds. The number of hydrogen-bond acceptors (Lipinski definition) is 2. The number of hydrogen-bond donors (Lipinski definition) is 2. The van der Waals surface area contributed by atoms with Gasteiger partial charge in [-0.25, -0.2) is 0 Å². The van der Waals surface area contributed by atoms with Gasteiger partial charge in [0.05, 0.1) is 0 Å². The van der Waals surface area contributed by atoms with E-state index in [0.717, 1.165) is 18.9 Å². The Bertz CT molecular complexity index is 293. The fourth-order valence-electron chi connectivity index (χ4n) is 1.39. The van der Waals surface area contributed by atoms with Crippen LogP contribution in [0.25, 0.3) is 0 Å². The average Bonchev–Trinajstić information content (AvgIpc) is 2.72. The zero-order chi connectivity index (χ0) is 11.1. The quantitative estimate of drug-likeness (QED) is 0.605. The van der Waals surface area contributed by atoms with Gasteiger partial charge < -0.3 is 10.6 Å². The van der Waals surface area contributed by atoms with Crippen molar-refractivity contribution < 1.29 is 0 Å². The van der Waals surface area contributed by atoms with Gasteiger partial charge in [-0.05, 0) is 23.8 Å². The van der Waals surface area contributed by atoms with Gasteiger partial charge in [0.1, 0.15) is 0 Å². The predicted molar refractivity (Wildman–Crippen MR) is 67.6 cm³/mol. The van der Waals surface area contributed by atoms with Gasteiger partial charge in [0.25, 0.3) is 0 Å². The number of nitrogens with zero attached hydrogens (tertiary/aromatic N) is 1. The van der Waals surface area contributed by atoms with E-state index in [1.807, 2.05) is 18.4 Å². The number of nitrogens with one attached hydrogen (secondary N) is 2. The minimum atomic E-state index is 0.619. The van der Waals surface area contributed by atoms with Crippen LogP contribution in [0.15, 0.2) is 22.5 Å². The topological polar surface area (TPSA) is 36.4 Å². The molecule has 0 saturated heterocycles. The standard InChI is InChI=1S/C11H19N3S/c1-9(7-10-5-4-6-15-10)8-14-11(12-2)13-3/h4-6,9H,7-8H2,1-3H3,(H2,12,13,14). The fraction of sp³-hybridized carbons (Fsp3) is 0.545. The fourth-order valence-corrected chi connectivity index (χ4v) is 2.26. The summed E-state index contributed by atoms with van der Waals surface area (Å²) < 4.78 is 0. The Balaban J connectivity index is 2.27. The van der Waals surface area contributed by atoms with Crippen LogP contribution in [0.1, 0.15) is 11.8 Å². The first-order valence-electron chi connectivity index (χ1n) is 5.17. The summed E-state index contributed by atoms with van der Waals surface area (Å²) in [7, 11) is 3.65. The molecule has 1 heterocycles. The Morgan fingerprint density at radius 3 is 2.93 bits per heavy atom. The molecule has 1 atom stereocenters. The monoisotopic (exact) mass is 225 g/mol. The second-order valence-corrected chi connectivity index (χ2v) is 4.62. The van der Waals surface area contributed by atoms with Gasteiger partial charge in [-0.15, -0.1) is 11.3 Å². The molecule has 0 bridgehead atoms. The molecule has 0 radical (unpaired) electrons. The van der Waals surface area contributed by atoms with Crippen LogP contribution in [0.4, 0.5) is 0 Å². The van der Waals surface area contributed by atoms with Crippen LogP contribution in [0.2, 0.25) is 0 Å². The first kappa shape index (κ1) is 12.0. The lowest BCUT2D eigenvalue weighted by Gasteiger charge is -2.13. The molecule has 84 valence electrons. The highest BCUT2D eigenvalue weighted by atomic mass is 32.1. The summed E-state index contributed by atoms with van der Waals surface area (Å²) >= 11 is 1.82. The molecule has 0 aromatic carbocycles. The van der Waals surface area contributed by atoms with Crippen molar-refractivity contribution in [3.63, 3.8) is 0 Å². The SMILES string of the molecule is CN=C(NC)NCC(C)Cc1cccs1. The number of guanidine groups is 1. The molecular formula is C11H19N3S. The molecule has 1 aromatic rings. The second kappa shape index (κ2) is 6.45. The third-order valence-corrected chi connectivity index (χ3v) is 3.11. The molecule has 3 nitrogen and oxygen atoms in total. The summed E-state index contributed by atoms with van der Waals surface area (Å²) in [5, 5.41) is 8.41. The molecule has 0 aliphatic rings. The lowest BCUT2D eigenvalue weighted by atomic mass is 10.1. The third kappa shape index (κ3) is 4.34. The van der Waals surface area contributed by atoms with Crippen LogP contribution in [0.3, 0.4) is 0 Å². The summed E-state index contributed by atoms with van der Waals surface area (Å²) in [6, 6.07) is 4.29. The van der Waals surface area contributed by atoms with Crippen LogP contribution in [-0.4, -0.2) is 26.6 Å². The van der Waals surface area contributed by atoms with Crippen molar-refractivity contribution in [2.45, 2.75) is 13.3 Å². The van der Waals surface area contributed by atoms with Gasteiger partial charge in [-0.3, -0.25) is 4.99 Å². The lowest BCUT2D eigenvalue weighted by molar-refractivity contribution is 0.564. The van der Waals surface area contributed by atoms with Crippen molar-refractivity contribution in [1.29, 1.82) is 0 Å². The summed E-state index contributed by atoms with van der Waals surface area (Å²) in [5.41, 5.74) is 0. The first-order chi connectivity index (χ1) is 7.26. The van der Waals surface area contributed by atoms with E-state index >= 15 is 0 Å². The van der Waals surface area contributed by atoms with E-state index in [4.69, 9.17) is 0 Å². The molecule has 1 rings (SSSR count). The zero-order valence-corrected chi connectivity index (χ0v) is 10.4. The molecule has 0 aliphatic carbocycles. The number of thiophene rings is 1. The average molecular weight is 225 g/mol. The van der Waals surface area contributed by atoms with Crippen molar-refractivity contribution in [2.75, 3.05) is 20.6 Å². The Morgan fingerprint density at radius 2 is 2.40 bits per heavy atom. The molecule has 15 heavy (non-hydrogen) atoms. The van der Waals surface area contributed by atoms with E-state index in [2.05, 4.69) is 40.1 Å². The van der Waals surface area contributed by atoms with Crippen LogP contribution < -0.4 is 10.6 Å². The molecule has 4 heteroatoms. The van der Waals surface area contributed by atoms with Crippen molar-refractivity contribution in [1.82, 2.24) is 10.6 Å². The van der Waals surface area contributed by atoms with E-state index in [0.29, 0.717) is 5.92 Å². The maximum Gasteiger partial charge on any atom is 0.190 e. The summed E-state index contributed by atoms with van der Waals surface area (Å²) in [6.07, 6.45) is 1.13. The van der Waals surface area contributed by atoms with Crippen LogP contribution in [-0.2, 0) is 6.42 Å². The molecule has 1 unspecified atom stereocenters. The summed E-state index contributed by atoms with van der Waals surface area (Å²) in [5.74, 6) is 1.47. The molecule has 1 aromatic heterocycles. The van der Waals surface area contributed by atoms with Crippen LogP contribution >= 0.6 is 11.3 Å². The Labute approximate surface area is 95.6 Å². The normalized spacial score (nSPS) is 13.7. The van der Waals surface area contributed by atoms with Gasteiger partial charge in [0.15, 0.2) is 5.96 Å². The second-order valence-electron chi connectivity index (χ2n) is 3.59. The summed E-state index contributed by atoms with van der Waals surface area (Å²) in [4.78, 5) is 5.52. The van der Waals surface area contributed by atoms with Gasteiger partial charge >= 0.3 is 0 Å². The Kier molecular flexibility index (Phi) is 5.18. The maximum absolute atomic E-state index is 4.07. The van der Waals surface area contributed by atoms with E-state index < -0.39 is 0 Å². The molecule has 0 saturated carbocycles. The third-order valence-electron chi connectivity index (χ3n) is 2.21. The maximum atomic E-state index is 4.07. The molecular weight excluding hydrogens is 206 g/mol. The highest BCUT2D eigenvalue weighted by Gasteiger charge is 2.04.